The minimum absolute atomic E-state index is 0.585. The van der Waals surface area contributed by atoms with Crippen molar-refractivity contribution >= 4 is 11.6 Å². The standard InChI is InChI=1S/C20H23ClN2/c21-16-9-7-15(8-10-16)19-17-5-1-2-6-18(17)20(19)23-13-14-4-3-11-22-12-14/h3-4,7-12,17-20,23H,1-2,5-6,13H2/t17?,18?,19-,20-/m0/s1. The molecule has 0 bridgehead atoms. The molecule has 4 atom stereocenters. The molecule has 3 heteroatoms. The van der Waals surface area contributed by atoms with Gasteiger partial charge < -0.3 is 5.32 Å². The van der Waals surface area contributed by atoms with Crippen LogP contribution in [-0.2, 0) is 6.54 Å². The molecule has 1 aromatic heterocycles. The van der Waals surface area contributed by atoms with Gasteiger partial charge in [0.15, 0.2) is 0 Å². The Bertz CT molecular complexity index is 640. The van der Waals surface area contributed by atoms with E-state index in [9.17, 15) is 0 Å². The molecular formula is C20H23ClN2. The summed E-state index contributed by atoms with van der Waals surface area (Å²) in [6.45, 7) is 0.909. The summed E-state index contributed by atoms with van der Waals surface area (Å²) in [7, 11) is 0. The Balaban J connectivity index is 1.51. The zero-order valence-electron chi connectivity index (χ0n) is 13.3. The third-order valence-electron chi connectivity index (χ3n) is 5.70. The highest BCUT2D eigenvalue weighted by atomic mass is 35.5. The molecular weight excluding hydrogens is 304 g/mol. The minimum atomic E-state index is 0.585. The summed E-state index contributed by atoms with van der Waals surface area (Å²) < 4.78 is 0. The molecule has 0 aliphatic heterocycles. The molecule has 1 heterocycles. The van der Waals surface area contributed by atoms with Gasteiger partial charge in [0.1, 0.15) is 0 Å². The van der Waals surface area contributed by atoms with Crippen molar-refractivity contribution in [3.05, 3.63) is 64.9 Å². The van der Waals surface area contributed by atoms with Gasteiger partial charge in [0.2, 0.25) is 0 Å². The van der Waals surface area contributed by atoms with E-state index in [-0.39, 0.29) is 0 Å². The molecule has 2 aliphatic carbocycles. The van der Waals surface area contributed by atoms with Gasteiger partial charge >= 0.3 is 0 Å². The largest absolute Gasteiger partial charge is 0.309 e. The highest BCUT2D eigenvalue weighted by Gasteiger charge is 2.50. The number of nitrogens with zero attached hydrogens (tertiary/aromatic N) is 1. The van der Waals surface area contributed by atoms with E-state index in [0.29, 0.717) is 12.0 Å². The molecule has 0 amide bonds. The molecule has 1 aromatic carbocycles. The molecule has 4 rings (SSSR count). The number of rotatable bonds is 4. The third-order valence-corrected chi connectivity index (χ3v) is 5.96. The van der Waals surface area contributed by atoms with Crippen LogP contribution in [0.15, 0.2) is 48.8 Å². The number of pyridine rings is 1. The van der Waals surface area contributed by atoms with Crippen molar-refractivity contribution < 1.29 is 0 Å². The van der Waals surface area contributed by atoms with Crippen molar-refractivity contribution in [2.75, 3.05) is 0 Å². The van der Waals surface area contributed by atoms with E-state index in [0.717, 1.165) is 23.4 Å². The van der Waals surface area contributed by atoms with Crippen LogP contribution >= 0.6 is 11.6 Å². The summed E-state index contributed by atoms with van der Waals surface area (Å²) in [5.41, 5.74) is 2.71. The second kappa shape index (κ2) is 6.62. The maximum atomic E-state index is 6.07. The predicted octanol–water partition coefficient (Wildman–Crippen LogP) is 4.80. The van der Waals surface area contributed by atoms with Gasteiger partial charge in [-0.1, -0.05) is 42.6 Å². The summed E-state index contributed by atoms with van der Waals surface area (Å²) >= 11 is 6.07. The molecule has 2 aliphatic rings. The lowest BCUT2D eigenvalue weighted by Gasteiger charge is -2.55. The van der Waals surface area contributed by atoms with E-state index in [1.807, 2.05) is 30.6 Å². The summed E-state index contributed by atoms with van der Waals surface area (Å²) in [6.07, 6.45) is 9.32. The highest BCUT2D eigenvalue weighted by molar-refractivity contribution is 6.30. The number of hydrogen-bond donors (Lipinski definition) is 1. The van der Waals surface area contributed by atoms with Crippen LogP contribution in [0.2, 0.25) is 5.02 Å². The van der Waals surface area contributed by atoms with Crippen LogP contribution in [0.25, 0.3) is 0 Å². The SMILES string of the molecule is Clc1ccc([C@H]2C3CCCCC3[C@@H]2NCc2cccnc2)cc1. The second-order valence-electron chi connectivity index (χ2n) is 6.96. The van der Waals surface area contributed by atoms with Gasteiger partial charge in [0.25, 0.3) is 0 Å². The third kappa shape index (κ3) is 3.02. The number of halogens is 1. The molecule has 2 nitrogen and oxygen atoms in total. The van der Waals surface area contributed by atoms with E-state index < -0.39 is 0 Å². The molecule has 0 saturated heterocycles. The Hall–Kier alpha value is -1.38. The Morgan fingerprint density at radius 3 is 2.57 bits per heavy atom. The first-order chi connectivity index (χ1) is 11.3. The lowest BCUT2D eigenvalue weighted by molar-refractivity contribution is 0.0254. The summed E-state index contributed by atoms with van der Waals surface area (Å²) in [6, 6.07) is 13.2. The normalized spacial score (nSPS) is 29.6. The Morgan fingerprint density at radius 1 is 1.04 bits per heavy atom. The summed E-state index contributed by atoms with van der Waals surface area (Å²) in [4.78, 5) is 4.22. The van der Waals surface area contributed by atoms with Crippen molar-refractivity contribution in [3.8, 4) is 0 Å². The first-order valence-corrected chi connectivity index (χ1v) is 9.08. The van der Waals surface area contributed by atoms with E-state index in [1.165, 1.54) is 36.8 Å². The lowest BCUT2D eigenvalue weighted by Crippen LogP contribution is -2.57. The zero-order valence-corrected chi connectivity index (χ0v) is 14.0. The van der Waals surface area contributed by atoms with E-state index in [2.05, 4.69) is 28.5 Å². The quantitative estimate of drug-likeness (QED) is 0.873. The van der Waals surface area contributed by atoms with Crippen molar-refractivity contribution in [1.82, 2.24) is 10.3 Å². The smallest absolute Gasteiger partial charge is 0.0406 e. The average Bonchev–Trinajstić information content (AvgIpc) is 2.59. The molecule has 2 fully saturated rings. The van der Waals surface area contributed by atoms with Crippen molar-refractivity contribution in [2.45, 2.75) is 44.2 Å². The Labute approximate surface area is 143 Å². The minimum Gasteiger partial charge on any atom is -0.309 e. The number of fused-ring (bicyclic) bond motifs is 1. The monoisotopic (exact) mass is 326 g/mol. The fourth-order valence-electron chi connectivity index (χ4n) is 4.62. The van der Waals surface area contributed by atoms with E-state index in [4.69, 9.17) is 11.6 Å². The van der Waals surface area contributed by atoms with Gasteiger partial charge in [-0.3, -0.25) is 4.98 Å². The highest BCUT2D eigenvalue weighted by Crippen LogP contribution is 2.54. The molecule has 2 saturated carbocycles. The number of aromatic nitrogens is 1. The topological polar surface area (TPSA) is 24.9 Å². The maximum Gasteiger partial charge on any atom is 0.0406 e. The summed E-state index contributed by atoms with van der Waals surface area (Å²) in [5, 5.41) is 4.65. The second-order valence-corrected chi connectivity index (χ2v) is 7.39. The first-order valence-electron chi connectivity index (χ1n) is 8.71. The fourth-order valence-corrected chi connectivity index (χ4v) is 4.75. The molecule has 0 spiro atoms. The first kappa shape index (κ1) is 15.2. The average molecular weight is 327 g/mol. The maximum absolute atomic E-state index is 6.07. The van der Waals surface area contributed by atoms with Gasteiger partial charge in [-0.05, 0) is 54.0 Å². The van der Waals surface area contributed by atoms with Crippen LogP contribution in [0.1, 0.15) is 42.7 Å². The van der Waals surface area contributed by atoms with E-state index >= 15 is 0 Å². The Morgan fingerprint density at radius 2 is 1.83 bits per heavy atom. The van der Waals surface area contributed by atoms with Crippen LogP contribution in [-0.4, -0.2) is 11.0 Å². The van der Waals surface area contributed by atoms with Gasteiger partial charge in [0.05, 0.1) is 0 Å². The van der Waals surface area contributed by atoms with Crippen LogP contribution in [0.4, 0.5) is 0 Å². The van der Waals surface area contributed by atoms with Gasteiger partial charge in [-0.15, -0.1) is 0 Å². The lowest BCUT2D eigenvalue weighted by atomic mass is 9.53. The van der Waals surface area contributed by atoms with Crippen molar-refractivity contribution in [3.63, 3.8) is 0 Å². The van der Waals surface area contributed by atoms with Crippen molar-refractivity contribution in [1.29, 1.82) is 0 Å². The Kier molecular flexibility index (Phi) is 4.37. The number of benzene rings is 1. The molecule has 0 radical (unpaired) electrons. The molecule has 2 aromatic rings. The van der Waals surface area contributed by atoms with Gasteiger partial charge in [-0.25, -0.2) is 0 Å². The molecule has 1 N–H and O–H groups in total. The van der Waals surface area contributed by atoms with E-state index in [1.54, 1.807) is 0 Å². The number of nitrogens with one attached hydrogen (secondary N) is 1. The number of hydrogen-bond acceptors (Lipinski definition) is 2. The van der Waals surface area contributed by atoms with Crippen molar-refractivity contribution in [2.24, 2.45) is 11.8 Å². The van der Waals surface area contributed by atoms with Crippen LogP contribution < -0.4 is 5.32 Å². The molecule has 23 heavy (non-hydrogen) atoms. The van der Waals surface area contributed by atoms with Gasteiger partial charge in [0, 0.05) is 35.9 Å². The van der Waals surface area contributed by atoms with Crippen LogP contribution in [0, 0.1) is 11.8 Å². The molecule has 120 valence electrons. The molecule has 2 unspecified atom stereocenters. The van der Waals surface area contributed by atoms with Crippen LogP contribution in [0.3, 0.4) is 0 Å². The predicted molar refractivity (Wildman–Crippen MR) is 94.5 cm³/mol. The fraction of sp³-hybridized carbons (Fsp3) is 0.450. The van der Waals surface area contributed by atoms with Gasteiger partial charge in [-0.2, -0.15) is 0 Å². The summed E-state index contributed by atoms with van der Waals surface area (Å²) in [5.74, 6) is 2.31. The zero-order chi connectivity index (χ0) is 15.6. The van der Waals surface area contributed by atoms with Crippen LogP contribution in [0.5, 0.6) is 0 Å².